The van der Waals surface area contributed by atoms with Crippen LogP contribution in [0.5, 0.6) is 0 Å². The van der Waals surface area contributed by atoms with Gasteiger partial charge in [-0.15, -0.1) is 0 Å². The molecule has 5 nitrogen and oxygen atoms in total. The van der Waals surface area contributed by atoms with Crippen molar-refractivity contribution in [3.8, 4) is 51.3 Å². The molecule has 0 N–H and O–H groups in total. The van der Waals surface area contributed by atoms with Crippen molar-refractivity contribution in [2.45, 2.75) is 0 Å². The summed E-state index contributed by atoms with van der Waals surface area (Å²) >= 11 is 0. The van der Waals surface area contributed by atoms with E-state index in [0.29, 0.717) is 11.5 Å². The fourth-order valence-electron chi connectivity index (χ4n) is 7.53. The molecular weight excluding hydrogens is 635 g/mol. The van der Waals surface area contributed by atoms with Gasteiger partial charge in [-0.2, -0.15) is 5.26 Å². The molecule has 0 aliphatic rings. The minimum Gasteiger partial charge on any atom is -0.309 e. The number of benzene rings is 7. The fraction of sp³-hybridized carbons (Fsp3) is 0. The summed E-state index contributed by atoms with van der Waals surface area (Å²) in [6.07, 6.45) is 0. The maximum Gasteiger partial charge on any atom is 0.235 e. The van der Waals surface area contributed by atoms with Crippen LogP contribution in [0.15, 0.2) is 176 Å². The lowest BCUT2D eigenvalue weighted by molar-refractivity contribution is 0.995. The predicted octanol–water partition coefficient (Wildman–Crippen LogP) is 11.5. The molecular formula is C47H29N5. The van der Waals surface area contributed by atoms with Crippen LogP contribution in [0.2, 0.25) is 0 Å². The second kappa shape index (κ2) is 11.9. The molecule has 10 aromatic rings. The van der Waals surface area contributed by atoms with Crippen LogP contribution in [0.4, 0.5) is 0 Å². The Balaban J connectivity index is 1.16. The lowest BCUT2D eigenvalue weighted by Crippen LogP contribution is -2.04. The number of aromatic nitrogens is 4. The Labute approximate surface area is 299 Å². The van der Waals surface area contributed by atoms with Crippen molar-refractivity contribution in [3.63, 3.8) is 0 Å². The van der Waals surface area contributed by atoms with Gasteiger partial charge in [-0.05, 0) is 77.9 Å². The minimum absolute atomic E-state index is 0.592. The third-order valence-corrected chi connectivity index (χ3v) is 9.99. The van der Waals surface area contributed by atoms with E-state index in [-0.39, 0.29) is 0 Å². The number of nitrogens with zero attached hydrogens (tertiary/aromatic N) is 5. The highest BCUT2D eigenvalue weighted by Gasteiger charge is 2.18. The molecule has 7 aromatic carbocycles. The van der Waals surface area contributed by atoms with Crippen LogP contribution in [-0.4, -0.2) is 19.1 Å². The number of rotatable bonds is 5. The van der Waals surface area contributed by atoms with E-state index in [1.807, 2.05) is 48.5 Å². The van der Waals surface area contributed by atoms with Gasteiger partial charge in [0.25, 0.3) is 0 Å². The molecule has 0 atom stereocenters. The summed E-state index contributed by atoms with van der Waals surface area (Å²) in [7, 11) is 0. The van der Waals surface area contributed by atoms with E-state index in [9.17, 15) is 5.26 Å². The van der Waals surface area contributed by atoms with E-state index in [2.05, 4.69) is 143 Å². The summed E-state index contributed by atoms with van der Waals surface area (Å²) in [6, 6.07) is 63.2. The molecule has 0 saturated carbocycles. The quantitative estimate of drug-likeness (QED) is 0.184. The SMILES string of the molecule is N#Cc1ccc(-c2cc(-c3ccccc3)nc(-n3c4ccccc4c4cc(-c5ccc6c(c5)c5ccccc5n6-c5ccccc5)ccc43)n2)cc1. The van der Waals surface area contributed by atoms with Gasteiger partial charge in [-0.3, -0.25) is 4.57 Å². The summed E-state index contributed by atoms with van der Waals surface area (Å²) in [6.45, 7) is 0. The summed E-state index contributed by atoms with van der Waals surface area (Å²) in [5.74, 6) is 0.592. The second-order valence-electron chi connectivity index (χ2n) is 13.0. The Morgan fingerprint density at radius 3 is 1.44 bits per heavy atom. The highest BCUT2D eigenvalue weighted by Crippen LogP contribution is 2.38. The Hall–Kier alpha value is -7.29. The smallest absolute Gasteiger partial charge is 0.235 e. The lowest BCUT2D eigenvalue weighted by Gasteiger charge is -2.12. The van der Waals surface area contributed by atoms with Gasteiger partial charge in [0.15, 0.2) is 0 Å². The van der Waals surface area contributed by atoms with E-state index in [1.165, 1.54) is 21.8 Å². The highest BCUT2D eigenvalue weighted by atomic mass is 15.2. The molecule has 0 unspecified atom stereocenters. The Bertz CT molecular complexity index is 3000. The number of para-hydroxylation sites is 3. The molecule has 52 heavy (non-hydrogen) atoms. The molecule has 0 spiro atoms. The molecule has 0 aliphatic carbocycles. The molecule has 3 heterocycles. The van der Waals surface area contributed by atoms with Crippen LogP contribution >= 0.6 is 0 Å². The van der Waals surface area contributed by atoms with Gasteiger partial charge in [-0.25, -0.2) is 9.97 Å². The normalized spacial score (nSPS) is 11.4. The molecule has 0 saturated heterocycles. The molecule has 5 heteroatoms. The topological polar surface area (TPSA) is 59.4 Å². The largest absolute Gasteiger partial charge is 0.309 e. The third-order valence-electron chi connectivity index (χ3n) is 9.99. The minimum atomic E-state index is 0.592. The van der Waals surface area contributed by atoms with E-state index >= 15 is 0 Å². The van der Waals surface area contributed by atoms with Crippen LogP contribution in [0.1, 0.15) is 5.56 Å². The van der Waals surface area contributed by atoms with Crippen molar-refractivity contribution in [1.29, 1.82) is 5.26 Å². The van der Waals surface area contributed by atoms with Crippen molar-refractivity contribution in [3.05, 3.63) is 181 Å². The Kier molecular flexibility index (Phi) is 6.80. The van der Waals surface area contributed by atoms with Crippen LogP contribution in [0.3, 0.4) is 0 Å². The van der Waals surface area contributed by atoms with Gasteiger partial charge in [0, 0.05) is 38.4 Å². The average molecular weight is 664 g/mol. The van der Waals surface area contributed by atoms with Gasteiger partial charge in [-0.1, -0.05) is 109 Å². The first-order valence-corrected chi connectivity index (χ1v) is 17.3. The van der Waals surface area contributed by atoms with Crippen LogP contribution in [-0.2, 0) is 0 Å². The first kappa shape index (κ1) is 29.6. The number of hydrogen-bond acceptors (Lipinski definition) is 3. The van der Waals surface area contributed by atoms with Crippen molar-refractivity contribution in [2.75, 3.05) is 0 Å². The van der Waals surface area contributed by atoms with Crippen LogP contribution in [0.25, 0.3) is 88.9 Å². The van der Waals surface area contributed by atoms with Crippen molar-refractivity contribution in [1.82, 2.24) is 19.1 Å². The summed E-state index contributed by atoms with van der Waals surface area (Å²) < 4.78 is 4.52. The monoisotopic (exact) mass is 663 g/mol. The van der Waals surface area contributed by atoms with Crippen molar-refractivity contribution < 1.29 is 0 Å². The van der Waals surface area contributed by atoms with Crippen LogP contribution in [0, 0.1) is 11.3 Å². The maximum absolute atomic E-state index is 9.41. The van der Waals surface area contributed by atoms with Crippen molar-refractivity contribution in [2.24, 2.45) is 0 Å². The third kappa shape index (κ3) is 4.78. The molecule has 242 valence electrons. The first-order chi connectivity index (χ1) is 25.7. The van der Waals surface area contributed by atoms with Crippen molar-refractivity contribution >= 4 is 43.6 Å². The summed E-state index contributed by atoms with van der Waals surface area (Å²) in [5.41, 5.74) is 12.1. The maximum atomic E-state index is 9.41. The van der Waals surface area contributed by atoms with E-state index < -0.39 is 0 Å². The van der Waals surface area contributed by atoms with Crippen LogP contribution < -0.4 is 0 Å². The highest BCUT2D eigenvalue weighted by molar-refractivity contribution is 6.12. The van der Waals surface area contributed by atoms with E-state index in [4.69, 9.17) is 9.97 Å². The Morgan fingerprint density at radius 1 is 0.385 bits per heavy atom. The molecule has 0 bridgehead atoms. The lowest BCUT2D eigenvalue weighted by atomic mass is 10.0. The second-order valence-corrected chi connectivity index (χ2v) is 13.0. The zero-order chi connectivity index (χ0) is 34.6. The number of nitriles is 1. The van der Waals surface area contributed by atoms with Gasteiger partial charge in [0.1, 0.15) is 0 Å². The van der Waals surface area contributed by atoms with E-state index in [1.54, 1.807) is 0 Å². The zero-order valence-electron chi connectivity index (χ0n) is 28.0. The summed E-state index contributed by atoms with van der Waals surface area (Å²) in [5, 5.41) is 14.1. The van der Waals surface area contributed by atoms with Gasteiger partial charge in [0.05, 0.1) is 45.1 Å². The van der Waals surface area contributed by atoms with E-state index in [0.717, 1.165) is 61.1 Å². The standard InChI is InChI=1S/C47H29N5/c48-30-31-19-21-33(22-20-31)42-29-41(32-11-3-1-4-12-32)49-47(50-42)52-44-18-10-8-16-38(44)40-28-35(24-26-46(40)52)34-23-25-45-39(27-34)37-15-7-9-17-43(37)51(45)36-13-5-2-6-14-36/h1-29H. The number of hydrogen-bond donors (Lipinski definition) is 0. The molecule has 0 radical (unpaired) electrons. The van der Waals surface area contributed by atoms with Gasteiger partial charge < -0.3 is 4.57 Å². The fourth-order valence-corrected chi connectivity index (χ4v) is 7.53. The molecule has 10 rings (SSSR count). The molecule has 0 fully saturated rings. The first-order valence-electron chi connectivity index (χ1n) is 17.3. The zero-order valence-corrected chi connectivity index (χ0v) is 28.0. The summed E-state index contributed by atoms with van der Waals surface area (Å²) in [4.78, 5) is 10.3. The average Bonchev–Trinajstić information content (AvgIpc) is 3.73. The molecule has 0 amide bonds. The molecule has 3 aromatic heterocycles. The Morgan fingerprint density at radius 2 is 0.846 bits per heavy atom. The van der Waals surface area contributed by atoms with Gasteiger partial charge in [0.2, 0.25) is 5.95 Å². The van der Waals surface area contributed by atoms with Gasteiger partial charge >= 0.3 is 0 Å². The number of fused-ring (bicyclic) bond motifs is 6. The predicted molar refractivity (Wildman–Crippen MR) is 212 cm³/mol. The molecule has 0 aliphatic heterocycles.